The average Bonchev–Trinajstić information content (AvgIpc) is 2.28. The quantitative estimate of drug-likeness (QED) is 0.814. The Morgan fingerprint density at radius 3 is 2.47 bits per heavy atom. The zero-order chi connectivity index (χ0) is 12.6. The molecule has 1 aromatic carbocycles. The summed E-state index contributed by atoms with van der Waals surface area (Å²) < 4.78 is 0. The maximum atomic E-state index is 10.9. The number of hydrogen-bond donors (Lipinski definition) is 2. The molecular weight excluding hydrogens is 220 g/mol. The van der Waals surface area contributed by atoms with Gasteiger partial charge in [0.2, 0.25) is 0 Å². The molecular formula is C13H10O4. The molecule has 4 heteroatoms. The molecule has 0 radical (unpaired) electrons. The van der Waals surface area contributed by atoms with E-state index < -0.39 is 11.9 Å². The highest BCUT2D eigenvalue weighted by Crippen LogP contribution is 2.30. The lowest BCUT2D eigenvalue weighted by molar-refractivity contribution is -0.132. The van der Waals surface area contributed by atoms with Crippen LogP contribution in [0.1, 0.15) is 21.5 Å². The molecule has 0 fully saturated rings. The molecule has 2 N–H and O–H groups in total. The highest BCUT2D eigenvalue weighted by molar-refractivity contribution is 6.06. The van der Waals surface area contributed by atoms with E-state index in [2.05, 4.69) is 6.58 Å². The first-order chi connectivity index (χ1) is 8.00. The van der Waals surface area contributed by atoms with Crippen molar-refractivity contribution in [3.8, 4) is 0 Å². The van der Waals surface area contributed by atoms with Gasteiger partial charge in [-0.05, 0) is 35.3 Å². The third-order valence-electron chi connectivity index (χ3n) is 2.76. The third-order valence-corrected chi connectivity index (χ3v) is 2.76. The van der Waals surface area contributed by atoms with Gasteiger partial charge in [-0.2, -0.15) is 0 Å². The summed E-state index contributed by atoms with van der Waals surface area (Å²) in [7, 11) is 0. The van der Waals surface area contributed by atoms with Gasteiger partial charge in [0.15, 0.2) is 0 Å². The molecule has 1 aliphatic carbocycles. The fraction of sp³-hybridized carbons (Fsp3) is 0.0769. The second-order valence-corrected chi connectivity index (χ2v) is 3.78. The molecule has 4 nitrogen and oxygen atoms in total. The molecule has 0 bridgehead atoms. The number of hydrogen-bond acceptors (Lipinski definition) is 2. The molecule has 2 rings (SSSR count). The highest BCUT2D eigenvalue weighted by Gasteiger charge is 2.20. The maximum absolute atomic E-state index is 10.9. The number of allylic oxidation sites excluding steroid dienone is 1. The van der Waals surface area contributed by atoms with Crippen molar-refractivity contribution in [3.63, 3.8) is 0 Å². The van der Waals surface area contributed by atoms with Crippen LogP contribution in [0.15, 0.2) is 36.4 Å². The number of carboxylic acid groups (broad SMARTS) is 2. The van der Waals surface area contributed by atoms with Gasteiger partial charge in [0.25, 0.3) is 0 Å². The molecule has 0 atom stereocenters. The predicted octanol–water partition coefficient (Wildman–Crippen LogP) is 1.97. The first-order valence-electron chi connectivity index (χ1n) is 5.00. The molecule has 1 aromatic rings. The van der Waals surface area contributed by atoms with E-state index in [1.54, 1.807) is 18.2 Å². The van der Waals surface area contributed by atoms with Gasteiger partial charge >= 0.3 is 11.9 Å². The summed E-state index contributed by atoms with van der Waals surface area (Å²) in [5.41, 5.74) is 2.30. The van der Waals surface area contributed by atoms with E-state index in [-0.39, 0.29) is 11.1 Å². The second-order valence-electron chi connectivity index (χ2n) is 3.78. The van der Waals surface area contributed by atoms with Gasteiger partial charge < -0.3 is 10.2 Å². The fourth-order valence-corrected chi connectivity index (χ4v) is 1.89. The zero-order valence-corrected chi connectivity index (χ0v) is 8.93. The summed E-state index contributed by atoms with van der Waals surface area (Å²) >= 11 is 0. The molecule has 0 amide bonds. The van der Waals surface area contributed by atoms with Gasteiger partial charge in [-0.1, -0.05) is 18.7 Å². The van der Waals surface area contributed by atoms with Crippen molar-refractivity contribution in [3.05, 3.63) is 53.1 Å². The Bertz CT molecular complexity index is 567. The monoisotopic (exact) mass is 230 g/mol. The van der Waals surface area contributed by atoms with Gasteiger partial charge in [-0.15, -0.1) is 0 Å². The van der Waals surface area contributed by atoms with Crippen LogP contribution >= 0.6 is 0 Å². The summed E-state index contributed by atoms with van der Waals surface area (Å²) in [5.74, 6) is -2.01. The summed E-state index contributed by atoms with van der Waals surface area (Å²) in [6.45, 7) is 3.74. The van der Waals surface area contributed by atoms with Gasteiger partial charge in [0.05, 0.1) is 11.1 Å². The largest absolute Gasteiger partial charge is 0.478 e. The molecule has 0 aliphatic heterocycles. The number of aromatic carboxylic acids is 1. The van der Waals surface area contributed by atoms with Crippen molar-refractivity contribution in [2.45, 2.75) is 6.42 Å². The Hall–Kier alpha value is -2.36. The molecule has 0 unspecified atom stereocenters. The standard InChI is InChI=1S/C13H10O4/c1-7-10-4-3-9(12(14)15)6-8(10)2-5-11(7)13(16)17/h3-6H,1-2H2,(H,14,15)(H,16,17). The summed E-state index contributed by atoms with van der Waals surface area (Å²) in [4.78, 5) is 21.7. The van der Waals surface area contributed by atoms with Crippen molar-refractivity contribution < 1.29 is 19.8 Å². The molecule has 0 heterocycles. The number of aliphatic carboxylic acids is 1. The number of rotatable bonds is 2. The van der Waals surface area contributed by atoms with Gasteiger partial charge in [0.1, 0.15) is 0 Å². The lowest BCUT2D eigenvalue weighted by atomic mass is 9.87. The smallest absolute Gasteiger partial charge is 0.335 e. The van der Waals surface area contributed by atoms with Crippen molar-refractivity contribution in [1.82, 2.24) is 0 Å². The van der Waals surface area contributed by atoms with Crippen LogP contribution in [0.3, 0.4) is 0 Å². The molecule has 0 saturated carbocycles. The van der Waals surface area contributed by atoms with Crippen molar-refractivity contribution >= 4 is 17.5 Å². The Morgan fingerprint density at radius 1 is 1.18 bits per heavy atom. The molecule has 0 saturated heterocycles. The average molecular weight is 230 g/mol. The zero-order valence-electron chi connectivity index (χ0n) is 8.93. The number of fused-ring (bicyclic) bond motifs is 1. The van der Waals surface area contributed by atoms with Gasteiger partial charge in [-0.3, -0.25) is 0 Å². The van der Waals surface area contributed by atoms with E-state index in [1.165, 1.54) is 6.07 Å². The molecule has 17 heavy (non-hydrogen) atoms. The minimum Gasteiger partial charge on any atom is -0.478 e. The molecule has 0 spiro atoms. The lowest BCUT2D eigenvalue weighted by Gasteiger charge is -2.17. The fourth-order valence-electron chi connectivity index (χ4n) is 1.89. The van der Waals surface area contributed by atoms with Crippen molar-refractivity contribution in [2.24, 2.45) is 0 Å². The summed E-state index contributed by atoms with van der Waals surface area (Å²) in [6.07, 6.45) is 1.97. The number of carboxylic acids is 2. The highest BCUT2D eigenvalue weighted by atomic mass is 16.4. The summed E-state index contributed by atoms with van der Waals surface area (Å²) in [5, 5.41) is 17.8. The third kappa shape index (κ3) is 1.85. The Kier molecular flexibility index (Phi) is 2.55. The maximum Gasteiger partial charge on any atom is 0.335 e. The summed E-state index contributed by atoms with van der Waals surface area (Å²) in [6, 6.07) is 4.62. The van der Waals surface area contributed by atoms with Crippen LogP contribution in [-0.2, 0) is 11.2 Å². The number of benzene rings is 1. The normalized spacial score (nSPS) is 13.9. The first kappa shape index (κ1) is 11.1. The van der Waals surface area contributed by atoms with Crippen molar-refractivity contribution in [1.29, 1.82) is 0 Å². The molecule has 0 aromatic heterocycles. The van der Waals surface area contributed by atoms with Crippen LogP contribution in [-0.4, -0.2) is 22.2 Å². The van der Waals surface area contributed by atoms with E-state index >= 15 is 0 Å². The van der Waals surface area contributed by atoms with Crippen LogP contribution in [0.5, 0.6) is 0 Å². The van der Waals surface area contributed by atoms with E-state index in [9.17, 15) is 9.59 Å². The topological polar surface area (TPSA) is 74.6 Å². The van der Waals surface area contributed by atoms with Crippen LogP contribution in [0.4, 0.5) is 0 Å². The van der Waals surface area contributed by atoms with Crippen molar-refractivity contribution in [2.75, 3.05) is 0 Å². The lowest BCUT2D eigenvalue weighted by Crippen LogP contribution is -2.10. The van der Waals surface area contributed by atoms with Crippen LogP contribution < -0.4 is 0 Å². The van der Waals surface area contributed by atoms with Crippen LogP contribution in [0.25, 0.3) is 5.57 Å². The van der Waals surface area contributed by atoms with E-state index in [1.807, 2.05) is 0 Å². The van der Waals surface area contributed by atoms with E-state index in [0.29, 0.717) is 17.6 Å². The SMILES string of the molecule is C=C1C(C(=O)O)=CCc2cc(C(=O)O)ccc21. The molecule has 86 valence electrons. The minimum absolute atomic E-state index is 0.181. The Morgan fingerprint density at radius 2 is 1.88 bits per heavy atom. The van der Waals surface area contributed by atoms with Crippen LogP contribution in [0.2, 0.25) is 0 Å². The minimum atomic E-state index is -1.01. The van der Waals surface area contributed by atoms with E-state index in [4.69, 9.17) is 10.2 Å². The second kappa shape index (κ2) is 3.90. The van der Waals surface area contributed by atoms with Crippen LogP contribution in [0, 0.1) is 0 Å². The number of carbonyl (C=O) groups is 2. The Labute approximate surface area is 97.5 Å². The predicted molar refractivity (Wildman–Crippen MR) is 61.9 cm³/mol. The molecule has 1 aliphatic rings. The first-order valence-corrected chi connectivity index (χ1v) is 5.00. The van der Waals surface area contributed by atoms with E-state index in [0.717, 1.165) is 5.56 Å². The Balaban J connectivity index is 2.48. The van der Waals surface area contributed by atoms with Gasteiger partial charge in [-0.25, -0.2) is 9.59 Å². The van der Waals surface area contributed by atoms with Gasteiger partial charge in [0, 0.05) is 0 Å².